The van der Waals surface area contributed by atoms with E-state index < -0.39 is 5.60 Å². The van der Waals surface area contributed by atoms with Crippen LogP contribution in [0.5, 0.6) is 0 Å². The molecule has 3 rings (SSSR count). The number of nitrogens with one attached hydrogen (secondary N) is 1. The molecule has 2 nitrogen and oxygen atoms in total. The van der Waals surface area contributed by atoms with Crippen molar-refractivity contribution in [3.8, 4) is 0 Å². The SMILES string of the molecule is OC(c1ccccc1)(c1ccccc1)C1CCCN1.[Cl-]. The molecule has 106 valence electrons. The smallest absolute Gasteiger partial charge is 0.130 e. The molecule has 2 aromatic rings. The van der Waals surface area contributed by atoms with E-state index in [-0.39, 0.29) is 18.4 Å². The third-order valence-electron chi connectivity index (χ3n) is 3.99. The molecule has 0 saturated carbocycles. The molecule has 2 aromatic carbocycles. The Morgan fingerprint density at radius 3 is 1.80 bits per heavy atom. The maximum atomic E-state index is 11.4. The van der Waals surface area contributed by atoms with Crippen LogP contribution in [0.2, 0.25) is 0 Å². The third kappa shape index (κ3) is 2.59. The largest absolute Gasteiger partial charge is 1.00 e. The molecular weight excluding hydrogens is 270 g/mol. The van der Waals surface area contributed by atoms with Gasteiger partial charge in [-0.2, -0.15) is 0 Å². The zero-order valence-corrected chi connectivity index (χ0v) is 12.1. The minimum Gasteiger partial charge on any atom is -1.00 e. The van der Waals surface area contributed by atoms with Gasteiger partial charge in [-0.1, -0.05) is 60.7 Å². The second kappa shape index (κ2) is 6.40. The van der Waals surface area contributed by atoms with Crippen LogP contribution in [0.1, 0.15) is 24.0 Å². The molecule has 1 heterocycles. The molecule has 0 amide bonds. The lowest BCUT2D eigenvalue weighted by Gasteiger charge is -2.35. The summed E-state index contributed by atoms with van der Waals surface area (Å²) in [5.74, 6) is 0. The summed E-state index contributed by atoms with van der Waals surface area (Å²) in [6.07, 6.45) is 2.12. The summed E-state index contributed by atoms with van der Waals surface area (Å²) in [4.78, 5) is 0. The van der Waals surface area contributed by atoms with E-state index in [0.29, 0.717) is 0 Å². The summed E-state index contributed by atoms with van der Waals surface area (Å²) in [7, 11) is 0. The van der Waals surface area contributed by atoms with Crippen molar-refractivity contribution in [1.29, 1.82) is 0 Å². The molecule has 0 bridgehead atoms. The molecular formula is C17H19ClNO-. The zero-order chi connectivity index (χ0) is 13.1. The van der Waals surface area contributed by atoms with E-state index in [4.69, 9.17) is 0 Å². The lowest BCUT2D eigenvalue weighted by atomic mass is 9.79. The van der Waals surface area contributed by atoms with Crippen LogP contribution >= 0.6 is 0 Å². The molecule has 1 saturated heterocycles. The predicted octanol–water partition coefficient (Wildman–Crippen LogP) is -0.321. The van der Waals surface area contributed by atoms with E-state index in [2.05, 4.69) is 5.32 Å². The summed E-state index contributed by atoms with van der Waals surface area (Å²) >= 11 is 0. The van der Waals surface area contributed by atoms with E-state index >= 15 is 0 Å². The van der Waals surface area contributed by atoms with Crippen molar-refractivity contribution < 1.29 is 17.5 Å². The topological polar surface area (TPSA) is 32.3 Å². The standard InChI is InChI=1S/C17H19NO.ClH/c19-17(16-12-7-13-18-16,14-8-3-1-4-9-14)15-10-5-2-6-11-15;/h1-6,8-11,16,18-19H,7,12-13H2;1H/p-1. The van der Waals surface area contributed by atoms with Crippen molar-refractivity contribution >= 4 is 0 Å². The molecule has 0 spiro atoms. The van der Waals surface area contributed by atoms with Crippen LogP contribution in [-0.2, 0) is 5.60 Å². The molecule has 2 N–H and O–H groups in total. The monoisotopic (exact) mass is 288 g/mol. The minimum absolute atomic E-state index is 0. The van der Waals surface area contributed by atoms with Gasteiger partial charge in [-0.15, -0.1) is 0 Å². The molecule has 0 aliphatic carbocycles. The van der Waals surface area contributed by atoms with Crippen molar-refractivity contribution in [2.75, 3.05) is 6.54 Å². The summed E-state index contributed by atoms with van der Waals surface area (Å²) in [5.41, 5.74) is 0.972. The summed E-state index contributed by atoms with van der Waals surface area (Å²) in [6.45, 7) is 0.979. The first-order chi connectivity index (χ1) is 9.32. The molecule has 1 aliphatic heterocycles. The highest BCUT2D eigenvalue weighted by Gasteiger charge is 2.41. The number of benzene rings is 2. The summed E-state index contributed by atoms with van der Waals surface area (Å²) in [6, 6.07) is 20.0. The molecule has 1 unspecified atom stereocenters. The fraction of sp³-hybridized carbons (Fsp3) is 0.294. The van der Waals surface area contributed by atoms with Crippen LogP contribution < -0.4 is 17.7 Å². The fourth-order valence-electron chi connectivity index (χ4n) is 2.99. The van der Waals surface area contributed by atoms with Crippen LogP contribution in [0.25, 0.3) is 0 Å². The Balaban J connectivity index is 0.00000147. The number of aliphatic hydroxyl groups is 1. The van der Waals surface area contributed by atoms with Gasteiger partial charge in [0.15, 0.2) is 0 Å². The van der Waals surface area contributed by atoms with Gasteiger partial charge in [0.2, 0.25) is 0 Å². The molecule has 1 fully saturated rings. The highest BCUT2D eigenvalue weighted by Crippen LogP contribution is 2.36. The highest BCUT2D eigenvalue weighted by atomic mass is 35.5. The van der Waals surface area contributed by atoms with Gasteiger partial charge in [0.05, 0.1) is 0 Å². The lowest BCUT2D eigenvalue weighted by molar-refractivity contribution is -0.00000862. The lowest BCUT2D eigenvalue weighted by Crippen LogP contribution is -3.00. The Labute approximate surface area is 126 Å². The number of hydrogen-bond acceptors (Lipinski definition) is 2. The summed E-state index contributed by atoms with van der Waals surface area (Å²) < 4.78 is 0. The summed E-state index contributed by atoms with van der Waals surface area (Å²) in [5, 5.41) is 14.8. The fourth-order valence-corrected chi connectivity index (χ4v) is 2.99. The molecule has 1 atom stereocenters. The van der Waals surface area contributed by atoms with Gasteiger partial charge in [-0.05, 0) is 30.5 Å². The first-order valence-electron chi connectivity index (χ1n) is 6.88. The highest BCUT2D eigenvalue weighted by molar-refractivity contribution is 5.38. The zero-order valence-electron chi connectivity index (χ0n) is 11.3. The van der Waals surface area contributed by atoms with Crippen LogP contribution in [-0.4, -0.2) is 17.7 Å². The Morgan fingerprint density at radius 1 is 0.900 bits per heavy atom. The van der Waals surface area contributed by atoms with Gasteiger partial charge in [0.1, 0.15) is 5.60 Å². The van der Waals surface area contributed by atoms with Gasteiger partial charge in [-0.3, -0.25) is 0 Å². The van der Waals surface area contributed by atoms with Crippen LogP contribution in [0, 0.1) is 0 Å². The van der Waals surface area contributed by atoms with Crippen molar-refractivity contribution in [1.82, 2.24) is 5.32 Å². The Bertz CT molecular complexity index is 484. The molecule has 0 aromatic heterocycles. The first kappa shape index (κ1) is 15.0. The van der Waals surface area contributed by atoms with E-state index in [1.807, 2.05) is 60.7 Å². The van der Waals surface area contributed by atoms with E-state index in [0.717, 1.165) is 30.5 Å². The van der Waals surface area contributed by atoms with E-state index in [1.54, 1.807) is 0 Å². The minimum atomic E-state index is -0.945. The molecule has 3 heteroatoms. The number of rotatable bonds is 3. The van der Waals surface area contributed by atoms with Gasteiger partial charge in [-0.25, -0.2) is 0 Å². The van der Waals surface area contributed by atoms with Crippen LogP contribution in [0.15, 0.2) is 60.7 Å². The molecule has 20 heavy (non-hydrogen) atoms. The maximum absolute atomic E-state index is 11.4. The molecule has 0 radical (unpaired) electrons. The van der Waals surface area contributed by atoms with Crippen LogP contribution in [0.4, 0.5) is 0 Å². The predicted molar refractivity (Wildman–Crippen MR) is 76.9 cm³/mol. The van der Waals surface area contributed by atoms with Crippen molar-refractivity contribution in [2.45, 2.75) is 24.5 Å². The average molecular weight is 289 g/mol. The van der Waals surface area contributed by atoms with E-state index in [9.17, 15) is 5.11 Å². The normalized spacial score (nSPS) is 18.6. The van der Waals surface area contributed by atoms with Gasteiger partial charge < -0.3 is 22.8 Å². The number of halogens is 1. The Kier molecular flexibility index (Phi) is 4.81. The van der Waals surface area contributed by atoms with Crippen LogP contribution in [0.3, 0.4) is 0 Å². The average Bonchev–Trinajstić information content (AvgIpc) is 3.03. The van der Waals surface area contributed by atoms with E-state index in [1.165, 1.54) is 0 Å². The van der Waals surface area contributed by atoms with Gasteiger partial charge in [0, 0.05) is 6.04 Å². The third-order valence-corrected chi connectivity index (χ3v) is 3.99. The second-order valence-corrected chi connectivity index (χ2v) is 5.15. The van der Waals surface area contributed by atoms with Crippen molar-refractivity contribution in [2.24, 2.45) is 0 Å². The maximum Gasteiger partial charge on any atom is 0.130 e. The Hall–Kier alpha value is -1.35. The van der Waals surface area contributed by atoms with Gasteiger partial charge >= 0.3 is 0 Å². The second-order valence-electron chi connectivity index (χ2n) is 5.15. The van der Waals surface area contributed by atoms with Crippen molar-refractivity contribution in [3.63, 3.8) is 0 Å². The quantitative estimate of drug-likeness (QED) is 0.811. The first-order valence-corrected chi connectivity index (χ1v) is 6.88. The number of hydrogen-bond donors (Lipinski definition) is 2. The van der Waals surface area contributed by atoms with Gasteiger partial charge in [0.25, 0.3) is 0 Å². The van der Waals surface area contributed by atoms with Crippen molar-refractivity contribution in [3.05, 3.63) is 71.8 Å². The molecule has 1 aliphatic rings. The Morgan fingerprint density at radius 2 is 1.40 bits per heavy atom.